The predicted octanol–water partition coefficient (Wildman–Crippen LogP) is 2.08. The lowest BCUT2D eigenvalue weighted by atomic mass is 10.0. The second kappa shape index (κ2) is 5.72. The molecule has 18 heavy (non-hydrogen) atoms. The van der Waals surface area contributed by atoms with Gasteiger partial charge in [-0.3, -0.25) is 0 Å². The molecule has 100 valence electrons. The third-order valence-corrected chi connectivity index (χ3v) is 3.59. The maximum absolute atomic E-state index is 5.76. The van der Waals surface area contributed by atoms with Crippen LogP contribution in [0.3, 0.4) is 0 Å². The standard InChI is InChI=1S/C15H24N2O/c1-10(2)14(8-16)17-9-12-4-5-15-13(7-12)6-11(3)18-15/h4-5,7,10-11,14,17H,6,8-9,16H2,1-3H3. The minimum Gasteiger partial charge on any atom is -0.490 e. The molecule has 0 amide bonds. The van der Waals surface area contributed by atoms with Crippen molar-refractivity contribution in [2.45, 2.75) is 45.9 Å². The summed E-state index contributed by atoms with van der Waals surface area (Å²) in [4.78, 5) is 0. The largest absolute Gasteiger partial charge is 0.490 e. The number of ether oxygens (including phenoxy) is 1. The Bertz CT molecular complexity index is 403. The summed E-state index contributed by atoms with van der Waals surface area (Å²) in [5.41, 5.74) is 8.40. The fraction of sp³-hybridized carbons (Fsp3) is 0.600. The van der Waals surface area contributed by atoms with E-state index in [0.29, 0.717) is 24.6 Å². The molecule has 2 rings (SSSR count). The first-order valence-corrected chi connectivity index (χ1v) is 6.82. The molecule has 1 heterocycles. The Morgan fingerprint density at radius 2 is 2.22 bits per heavy atom. The van der Waals surface area contributed by atoms with Gasteiger partial charge in [-0.25, -0.2) is 0 Å². The van der Waals surface area contributed by atoms with Gasteiger partial charge in [0.15, 0.2) is 0 Å². The van der Waals surface area contributed by atoms with Gasteiger partial charge >= 0.3 is 0 Å². The van der Waals surface area contributed by atoms with Gasteiger partial charge in [0, 0.05) is 25.6 Å². The molecular weight excluding hydrogens is 224 g/mol. The quantitative estimate of drug-likeness (QED) is 0.838. The van der Waals surface area contributed by atoms with E-state index in [-0.39, 0.29) is 0 Å². The lowest BCUT2D eigenvalue weighted by Gasteiger charge is -2.20. The fourth-order valence-electron chi connectivity index (χ4n) is 2.43. The summed E-state index contributed by atoms with van der Waals surface area (Å²) in [6, 6.07) is 6.86. The van der Waals surface area contributed by atoms with Gasteiger partial charge in [-0.1, -0.05) is 26.0 Å². The molecule has 3 nitrogen and oxygen atoms in total. The summed E-state index contributed by atoms with van der Waals surface area (Å²) in [5, 5.41) is 3.52. The van der Waals surface area contributed by atoms with Crippen LogP contribution in [0.5, 0.6) is 5.75 Å². The number of benzene rings is 1. The third kappa shape index (κ3) is 3.03. The monoisotopic (exact) mass is 248 g/mol. The van der Waals surface area contributed by atoms with E-state index >= 15 is 0 Å². The summed E-state index contributed by atoms with van der Waals surface area (Å²) < 4.78 is 5.71. The van der Waals surface area contributed by atoms with Gasteiger partial charge in [0.25, 0.3) is 0 Å². The zero-order valence-electron chi connectivity index (χ0n) is 11.6. The molecule has 0 aliphatic carbocycles. The molecule has 0 aromatic heterocycles. The number of nitrogens with one attached hydrogen (secondary N) is 1. The second-order valence-corrected chi connectivity index (χ2v) is 5.54. The minimum atomic E-state index is 0.315. The molecule has 1 aliphatic heterocycles. The highest BCUT2D eigenvalue weighted by atomic mass is 16.5. The topological polar surface area (TPSA) is 47.3 Å². The highest BCUT2D eigenvalue weighted by Gasteiger charge is 2.19. The molecule has 1 aromatic carbocycles. The van der Waals surface area contributed by atoms with Crippen LogP contribution in [0.15, 0.2) is 18.2 Å². The highest BCUT2D eigenvalue weighted by molar-refractivity contribution is 5.40. The average molecular weight is 248 g/mol. The number of hydrogen-bond acceptors (Lipinski definition) is 3. The first-order chi connectivity index (χ1) is 8.60. The van der Waals surface area contributed by atoms with Crippen molar-refractivity contribution in [2.75, 3.05) is 6.54 Å². The Labute approximate surface area is 110 Å². The number of fused-ring (bicyclic) bond motifs is 1. The lowest BCUT2D eigenvalue weighted by Crippen LogP contribution is -2.39. The maximum Gasteiger partial charge on any atom is 0.123 e. The molecule has 0 radical (unpaired) electrons. The maximum atomic E-state index is 5.76. The summed E-state index contributed by atoms with van der Waals surface area (Å²) in [6.45, 7) is 8.07. The van der Waals surface area contributed by atoms with Gasteiger partial charge in [-0.2, -0.15) is 0 Å². The van der Waals surface area contributed by atoms with Crippen molar-refractivity contribution in [3.05, 3.63) is 29.3 Å². The molecule has 2 unspecified atom stereocenters. The molecular formula is C15H24N2O. The smallest absolute Gasteiger partial charge is 0.123 e. The van der Waals surface area contributed by atoms with E-state index in [1.807, 2.05) is 0 Å². The van der Waals surface area contributed by atoms with Gasteiger partial charge in [0.05, 0.1) is 0 Å². The fourth-order valence-corrected chi connectivity index (χ4v) is 2.43. The van der Waals surface area contributed by atoms with Crippen molar-refractivity contribution in [3.8, 4) is 5.75 Å². The van der Waals surface area contributed by atoms with Crippen LogP contribution in [0.1, 0.15) is 31.9 Å². The number of rotatable bonds is 5. The van der Waals surface area contributed by atoms with Gasteiger partial charge in [-0.05, 0) is 30.0 Å². The molecule has 3 heteroatoms. The van der Waals surface area contributed by atoms with Crippen molar-refractivity contribution in [2.24, 2.45) is 11.7 Å². The summed E-state index contributed by atoms with van der Waals surface area (Å²) in [7, 11) is 0. The molecule has 0 saturated carbocycles. The molecule has 0 saturated heterocycles. The van der Waals surface area contributed by atoms with Crippen LogP contribution in [0.4, 0.5) is 0 Å². The van der Waals surface area contributed by atoms with Crippen LogP contribution in [0.2, 0.25) is 0 Å². The number of nitrogens with two attached hydrogens (primary N) is 1. The Kier molecular flexibility index (Phi) is 4.25. The first-order valence-electron chi connectivity index (χ1n) is 6.82. The number of hydrogen-bond donors (Lipinski definition) is 2. The summed E-state index contributed by atoms with van der Waals surface area (Å²) >= 11 is 0. The molecule has 1 aromatic rings. The van der Waals surface area contributed by atoms with E-state index in [1.165, 1.54) is 11.1 Å². The van der Waals surface area contributed by atoms with Crippen LogP contribution in [0.25, 0.3) is 0 Å². The van der Waals surface area contributed by atoms with Crippen LogP contribution in [-0.4, -0.2) is 18.7 Å². The van der Waals surface area contributed by atoms with Crippen LogP contribution < -0.4 is 15.8 Å². The van der Waals surface area contributed by atoms with E-state index in [2.05, 4.69) is 44.3 Å². The SMILES string of the molecule is CC1Cc2cc(CNC(CN)C(C)C)ccc2O1. The van der Waals surface area contributed by atoms with E-state index in [0.717, 1.165) is 18.7 Å². The molecule has 3 N–H and O–H groups in total. The van der Waals surface area contributed by atoms with Gasteiger partial charge < -0.3 is 15.8 Å². The Hall–Kier alpha value is -1.06. The van der Waals surface area contributed by atoms with Gasteiger partial charge in [-0.15, -0.1) is 0 Å². The molecule has 0 fully saturated rings. The summed E-state index contributed by atoms with van der Waals surface area (Å²) in [5.74, 6) is 1.61. The van der Waals surface area contributed by atoms with Crippen LogP contribution >= 0.6 is 0 Å². The van der Waals surface area contributed by atoms with E-state index in [4.69, 9.17) is 10.5 Å². The van der Waals surface area contributed by atoms with E-state index in [1.54, 1.807) is 0 Å². The van der Waals surface area contributed by atoms with Gasteiger partial charge in [0.2, 0.25) is 0 Å². The lowest BCUT2D eigenvalue weighted by molar-refractivity contribution is 0.254. The third-order valence-electron chi connectivity index (χ3n) is 3.59. The molecule has 0 spiro atoms. The van der Waals surface area contributed by atoms with Crippen molar-refractivity contribution in [1.29, 1.82) is 0 Å². The van der Waals surface area contributed by atoms with Crippen LogP contribution in [-0.2, 0) is 13.0 Å². The minimum absolute atomic E-state index is 0.315. The normalized spacial score (nSPS) is 19.7. The molecule has 1 aliphatic rings. The van der Waals surface area contributed by atoms with E-state index < -0.39 is 0 Å². The van der Waals surface area contributed by atoms with Crippen LogP contribution in [0, 0.1) is 5.92 Å². The second-order valence-electron chi connectivity index (χ2n) is 5.54. The Morgan fingerprint density at radius 1 is 1.44 bits per heavy atom. The Balaban J connectivity index is 1.97. The summed E-state index contributed by atoms with van der Waals surface area (Å²) in [6.07, 6.45) is 1.34. The molecule has 2 atom stereocenters. The zero-order valence-corrected chi connectivity index (χ0v) is 11.6. The van der Waals surface area contributed by atoms with Crippen molar-refractivity contribution >= 4 is 0 Å². The van der Waals surface area contributed by atoms with Crippen molar-refractivity contribution < 1.29 is 4.74 Å². The zero-order chi connectivity index (χ0) is 13.1. The first kappa shape index (κ1) is 13.4. The highest BCUT2D eigenvalue weighted by Crippen LogP contribution is 2.29. The van der Waals surface area contributed by atoms with Crippen molar-refractivity contribution in [1.82, 2.24) is 5.32 Å². The van der Waals surface area contributed by atoms with E-state index in [9.17, 15) is 0 Å². The van der Waals surface area contributed by atoms with Gasteiger partial charge in [0.1, 0.15) is 11.9 Å². The predicted molar refractivity (Wildman–Crippen MR) is 74.8 cm³/mol. The van der Waals surface area contributed by atoms with Crippen molar-refractivity contribution in [3.63, 3.8) is 0 Å². The average Bonchev–Trinajstić information content (AvgIpc) is 2.68. The molecule has 0 bridgehead atoms. The Morgan fingerprint density at radius 3 is 2.89 bits per heavy atom.